The van der Waals surface area contributed by atoms with Gasteiger partial charge in [0, 0.05) is 12.0 Å². The predicted molar refractivity (Wildman–Crippen MR) is 76.6 cm³/mol. The summed E-state index contributed by atoms with van der Waals surface area (Å²) in [7, 11) is 0. The number of hydrogen-bond acceptors (Lipinski definition) is 3. The highest BCUT2D eigenvalue weighted by molar-refractivity contribution is 6.22. The van der Waals surface area contributed by atoms with Crippen LogP contribution in [0.1, 0.15) is 50.4 Å². The second-order valence-electron chi connectivity index (χ2n) is 5.30. The predicted octanol–water partition coefficient (Wildman–Crippen LogP) is 2.96. The Kier molecular flexibility index (Phi) is 3.75. The van der Waals surface area contributed by atoms with Crippen LogP contribution in [0.25, 0.3) is 0 Å². The third-order valence-corrected chi connectivity index (χ3v) is 4.28. The van der Waals surface area contributed by atoms with Gasteiger partial charge in [-0.2, -0.15) is 0 Å². The molecule has 2 rings (SSSR count). The highest BCUT2D eigenvalue weighted by atomic mass is 16.2. The lowest BCUT2D eigenvalue weighted by Crippen LogP contribution is -2.35. The fourth-order valence-corrected chi connectivity index (χ4v) is 2.70. The molecule has 0 unspecified atom stereocenters. The molecule has 1 aromatic rings. The highest BCUT2D eigenvalue weighted by Gasteiger charge is 2.49. The van der Waals surface area contributed by atoms with Crippen molar-refractivity contribution >= 4 is 23.3 Å². The van der Waals surface area contributed by atoms with E-state index >= 15 is 0 Å². The lowest BCUT2D eigenvalue weighted by molar-refractivity contribution is -0.126. The van der Waals surface area contributed by atoms with Gasteiger partial charge in [0.05, 0.1) is 11.1 Å². The zero-order valence-corrected chi connectivity index (χ0v) is 12.1. The number of anilines is 1. The first-order chi connectivity index (χ1) is 9.45. The third kappa shape index (κ3) is 2.15. The zero-order chi connectivity index (χ0) is 14.9. The summed E-state index contributed by atoms with van der Waals surface area (Å²) in [5, 5.41) is 0. The maximum absolute atomic E-state index is 12.6. The van der Waals surface area contributed by atoms with Crippen molar-refractivity contribution in [2.45, 2.75) is 40.0 Å². The van der Waals surface area contributed by atoms with E-state index in [0.29, 0.717) is 24.1 Å². The van der Waals surface area contributed by atoms with Crippen LogP contribution in [0.3, 0.4) is 0 Å². The number of ketones is 1. The molecule has 1 saturated heterocycles. The lowest BCUT2D eigenvalue weighted by atomic mass is 9.81. The third-order valence-electron chi connectivity index (χ3n) is 4.28. The number of carbonyl (C=O) groups is 3. The molecule has 0 radical (unpaired) electrons. The van der Waals surface area contributed by atoms with Gasteiger partial charge in [-0.1, -0.05) is 13.8 Å². The molecule has 0 aliphatic carbocycles. The molecule has 4 heteroatoms. The quantitative estimate of drug-likeness (QED) is 0.626. The highest BCUT2D eigenvalue weighted by Crippen LogP contribution is 2.41. The fraction of sp³-hybridized carbons (Fsp3) is 0.438. The fourth-order valence-electron chi connectivity index (χ4n) is 2.70. The molecule has 1 aromatic carbocycles. The van der Waals surface area contributed by atoms with Gasteiger partial charge in [0.15, 0.2) is 5.78 Å². The first kappa shape index (κ1) is 14.4. The van der Waals surface area contributed by atoms with E-state index in [-0.39, 0.29) is 24.0 Å². The summed E-state index contributed by atoms with van der Waals surface area (Å²) < 4.78 is 0. The zero-order valence-electron chi connectivity index (χ0n) is 12.1. The summed E-state index contributed by atoms with van der Waals surface area (Å²) >= 11 is 0. The minimum atomic E-state index is -0.559. The van der Waals surface area contributed by atoms with Crippen LogP contribution >= 0.6 is 0 Å². The van der Waals surface area contributed by atoms with E-state index in [1.165, 1.54) is 11.8 Å². The summed E-state index contributed by atoms with van der Waals surface area (Å²) in [5.74, 6) is -0.315. The minimum absolute atomic E-state index is 0.0351. The van der Waals surface area contributed by atoms with Crippen molar-refractivity contribution in [2.75, 3.05) is 4.90 Å². The monoisotopic (exact) mass is 273 g/mol. The number of rotatable bonds is 4. The molecular formula is C16H19NO3. The molecule has 1 aliphatic heterocycles. The van der Waals surface area contributed by atoms with Crippen molar-refractivity contribution in [2.24, 2.45) is 5.41 Å². The van der Waals surface area contributed by atoms with Crippen molar-refractivity contribution in [3.05, 3.63) is 29.8 Å². The van der Waals surface area contributed by atoms with Crippen LogP contribution in [-0.4, -0.2) is 17.6 Å². The van der Waals surface area contributed by atoms with Crippen molar-refractivity contribution in [1.29, 1.82) is 0 Å². The van der Waals surface area contributed by atoms with E-state index < -0.39 is 5.41 Å². The SMILES string of the molecule is CCC1(CC)CC(=O)N(c2ccc(C(C)=O)cc2)C1=O. The van der Waals surface area contributed by atoms with Crippen molar-refractivity contribution in [3.8, 4) is 0 Å². The second kappa shape index (κ2) is 5.19. The number of hydrogen-bond donors (Lipinski definition) is 0. The molecular weight excluding hydrogens is 254 g/mol. The maximum Gasteiger partial charge on any atom is 0.240 e. The van der Waals surface area contributed by atoms with Crippen LogP contribution in [0, 0.1) is 5.41 Å². The number of benzene rings is 1. The van der Waals surface area contributed by atoms with E-state index in [1.807, 2.05) is 13.8 Å². The van der Waals surface area contributed by atoms with E-state index in [1.54, 1.807) is 24.3 Å². The van der Waals surface area contributed by atoms with Crippen molar-refractivity contribution in [1.82, 2.24) is 0 Å². The van der Waals surface area contributed by atoms with Gasteiger partial charge < -0.3 is 0 Å². The van der Waals surface area contributed by atoms with Gasteiger partial charge in [0.25, 0.3) is 0 Å². The molecule has 0 bridgehead atoms. The van der Waals surface area contributed by atoms with Gasteiger partial charge in [-0.3, -0.25) is 19.3 Å². The van der Waals surface area contributed by atoms with Crippen molar-refractivity contribution < 1.29 is 14.4 Å². The van der Waals surface area contributed by atoms with Crippen molar-refractivity contribution in [3.63, 3.8) is 0 Å². The average molecular weight is 273 g/mol. The molecule has 0 atom stereocenters. The summed E-state index contributed by atoms with van der Waals surface area (Å²) in [4.78, 5) is 37.2. The summed E-state index contributed by atoms with van der Waals surface area (Å²) in [5.41, 5.74) is 0.565. The van der Waals surface area contributed by atoms with Crippen LogP contribution in [0.4, 0.5) is 5.69 Å². The largest absolute Gasteiger partial charge is 0.295 e. The maximum atomic E-state index is 12.6. The Morgan fingerprint density at radius 2 is 1.70 bits per heavy atom. The molecule has 0 saturated carbocycles. The van der Waals surface area contributed by atoms with Gasteiger partial charge in [-0.05, 0) is 44.0 Å². The first-order valence-corrected chi connectivity index (χ1v) is 6.93. The Bertz CT molecular complexity index is 556. The smallest absolute Gasteiger partial charge is 0.240 e. The number of Topliss-reactive ketones (excluding diaryl/α,β-unsaturated/α-hetero) is 1. The van der Waals surface area contributed by atoms with Gasteiger partial charge in [-0.15, -0.1) is 0 Å². The molecule has 20 heavy (non-hydrogen) atoms. The van der Waals surface area contributed by atoms with E-state index in [9.17, 15) is 14.4 Å². The molecule has 2 amide bonds. The van der Waals surface area contributed by atoms with Crippen LogP contribution in [0.5, 0.6) is 0 Å². The number of amides is 2. The van der Waals surface area contributed by atoms with E-state index in [4.69, 9.17) is 0 Å². The number of carbonyl (C=O) groups excluding carboxylic acids is 3. The van der Waals surface area contributed by atoms with Gasteiger partial charge >= 0.3 is 0 Å². The molecule has 1 heterocycles. The molecule has 1 fully saturated rings. The topological polar surface area (TPSA) is 54.5 Å². The minimum Gasteiger partial charge on any atom is -0.295 e. The number of nitrogens with zero attached hydrogens (tertiary/aromatic N) is 1. The summed E-state index contributed by atoms with van der Waals surface area (Å²) in [6.07, 6.45) is 1.60. The second-order valence-corrected chi connectivity index (χ2v) is 5.30. The Morgan fingerprint density at radius 1 is 1.15 bits per heavy atom. The first-order valence-electron chi connectivity index (χ1n) is 6.93. The van der Waals surface area contributed by atoms with E-state index in [0.717, 1.165) is 0 Å². The van der Waals surface area contributed by atoms with Crippen LogP contribution in [-0.2, 0) is 9.59 Å². The molecule has 106 valence electrons. The molecule has 0 N–H and O–H groups in total. The average Bonchev–Trinajstić information content (AvgIpc) is 2.70. The van der Waals surface area contributed by atoms with Crippen LogP contribution in [0.2, 0.25) is 0 Å². The summed E-state index contributed by atoms with van der Waals surface area (Å²) in [6.45, 7) is 5.37. The standard InChI is InChI=1S/C16H19NO3/c1-4-16(5-2)10-14(19)17(15(16)20)13-8-6-12(7-9-13)11(3)18/h6-9H,4-5,10H2,1-3H3. The Balaban J connectivity index is 2.35. The Hall–Kier alpha value is -1.97. The van der Waals surface area contributed by atoms with Crippen LogP contribution in [0.15, 0.2) is 24.3 Å². The normalized spacial score (nSPS) is 17.6. The lowest BCUT2D eigenvalue weighted by Gasteiger charge is -2.23. The van der Waals surface area contributed by atoms with Gasteiger partial charge in [-0.25, -0.2) is 0 Å². The van der Waals surface area contributed by atoms with Crippen LogP contribution < -0.4 is 4.90 Å². The molecule has 0 spiro atoms. The molecule has 1 aliphatic rings. The van der Waals surface area contributed by atoms with Gasteiger partial charge in [0.1, 0.15) is 0 Å². The van der Waals surface area contributed by atoms with E-state index in [2.05, 4.69) is 0 Å². The molecule has 0 aromatic heterocycles. The summed E-state index contributed by atoms with van der Waals surface area (Å²) in [6, 6.07) is 6.62. The number of imide groups is 1. The Morgan fingerprint density at radius 3 is 2.10 bits per heavy atom. The molecule has 4 nitrogen and oxygen atoms in total. The Labute approximate surface area is 118 Å². The van der Waals surface area contributed by atoms with Gasteiger partial charge in [0.2, 0.25) is 11.8 Å².